The first-order chi connectivity index (χ1) is 16.9. The third kappa shape index (κ3) is 17.2. The highest BCUT2D eigenvalue weighted by Gasteiger charge is 2.38. The minimum atomic E-state index is 0. The molecular formula is C32H71N5. The summed E-state index contributed by atoms with van der Waals surface area (Å²) in [7, 11) is 10.9. The highest BCUT2D eigenvalue weighted by atomic mass is 15.1. The van der Waals surface area contributed by atoms with Gasteiger partial charge in [0.1, 0.15) is 0 Å². The molecule has 1 aliphatic carbocycles. The van der Waals surface area contributed by atoms with E-state index in [1.54, 1.807) is 0 Å². The molecule has 0 atom stereocenters. The molecule has 0 aromatic heterocycles. The van der Waals surface area contributed by atoms with Gasteiger partial charge >= 0.3 is 0 Å². The van der Waals surface area contributed by atoms with Crippen LogP contribution in [0.1, 0.15) is 105 Å². The van der Waals surface area contributed by atoms with Crippen LogP contribution < -0.4 is 0 Å². The second kappa shape index (κ2) is 21.6. The van der Waals surface area contributed by atoms with Gasteiger partial charge in [0, 0.05) is 0 Å². The Balaban J connectivity index is 0.000000441. The van der Waals surface area contributed by atoms with Crippen molar-refractivity contribution in [2.45, 2.75) is 105 Å². The van der Waals surface area contributed by atoms with Gasteiger partial charge in [-0.3, -0.25) is 0 Å². The van der Waals surface area contributed by atoms with E-state index in [-0.39, 0.29) is 14.9 Å². The number of rotatable bonds is 0. The zero-order valence-electron chi connectivity index (χ0n) is 24.7. The van der Waals surface area contributed by atoms with Crippen LogP contribution in [-0.2, 0) is 0 Å². The summed E-state index contributed by atoms with van der Waals surface area (Å²) < 4.78 is 0. The summed E-state index contributed by atoms with van der Waals surface area (Å²) in [5.74, 6) is 0. The lowest BCUT2D eigenvalue weighted by molar-refractivity contribution is 0.0434. The lowest BCUT2D eigenvalue weighted by Crippen LogP contribution is -2.41. The first-order valence-corrected chi connectivity index (χ1v) is 15.3. The SMILES string of the molecule is C.C.CN1CCC1.CN1CCC2(CCC2)CC1.CN1CCCC1.CN1CCCCC1.CN1CCCCC1. The zero-order chi connectivity index (χ0) is 25.4. The maximum absolute atomic E-state index is 2.46. The predicted octanol–water partition coefficient (Wildman–Crippen LogP) is 6.39. The van der Waals surface area contributed by atoms with E-state index in [1.165, 1.54) is 155 Å². The van der Waals surface area contributed by atoms with Crippen LogP contribution in [-0.4, -0.2) is 125 Å². The quantitative estimate of drug-likeness (QED) is 0.363. The Morgan fingerprint density at radius 3 is 0.730 bits per heavy atom. The molecule has 0 N–H and O–H groups in total. The van der Waals surface area contributed by atoms with Crippen molar-refractivity contribution in [2.24, 2.45) is 5.41 Å². The van der Waals surface area contributed by atoms with Crippen LogP contribution in [0.2, 0.25) is 0 Å². The minimum absolute atomic E-state index is 0. The van der Waals surface area contributed by atoms with E-state index in [1.807, 2.05) is 0 Å². The maximum atomic E-state index is 2.46. The standard InChI is InChI=1S/C9H17N.2C6H13N.C5H11N.C4H9N.2CH4/c1-10-7-5-9(6-8-10)3-2-4-9;2*1-7-5-3-2-4-6-7;1-6-4-2-3-5-6;1-5-3-2-4-5;;/h2-8H2,1H3;2*2-6H2,1H3;2-5H2,1H3;2-4H2,1H3;2*1H4. The molecule has 5 heteroatoms. The average Bonchev–Trinajstić information content (AvgIpc) is 3.31. The van der Waals surface area contributed by atoms with Crippen LogP contribution in [0.5, 0.6) is 0 Å². The van der Waals surface area contributed by atoms with Crippen LogP contribution in [0.3, 0.4) is 0 Å². The molecule has 1 spiro atoms. The first-order valence-electron chi connectivity index (χ1n) is 15.3. The van der Waals surface area contributed by atoms with Gasteiger partial charge in [-0.25, -0.2) is 0 Å². The second-order valence-corrected chi connectivity index (χ2v) is 12.6. The third-order valence-electron chi connectivity index (χ3n) is 9.03. The molecule has 0 unspecified atom stereocenters. The van der Waals surface area contributed by atoms with Crippen LogP contribution >= 0.6 is 0 Å². The highest BCUT2D eigenvalue weighted by molar-refractivity contribution is 4.91. The van der Waals surface area contributed by atoms with Gasteiger partial charge in [0.15, 0.2) is 0 Å². The Morgan fingerprint density at radius 2 is 0.568 bits per heavy atom. The fourth-order valence-electron chi connectivity index (χ4n) is 5.72. The van der Waals surface area contributed by atoms with Gasteiger partial charge in [0.05, 0.1) is 0 Å². The number of nitrogens with zero attached hydrogens (tertiary/aromatic N) is 5. The first kappa shape index (κ1) is 36.8. The Bertz CT molecular complexity index is 461. The number of hydrogen-bond acceptors (Lipinski definition) is 5. The molecule has 0 aromatic rings. The summed E-state index contributed by atoms with van der Waals surface area (Å²) in [5, 5.41) is 0. The minimum Gasteiger partial charge on any atom is -0.306 e. The normalized spacial score (nSPS) is 25.9. The summed E-state index contributed by atoms with van der Waals surface area (Å²) in [6.07, 6.45) is 20.3. The van der Waals surface area contributed by atoms with Crippen LogP contribution in [0, 0.1) is 5.41 Å². The van der Waals surface area contributed by atoms with Gasteiger partial charge in [-0.2, -0.15) is 0 Å². The molecule has 0 aromatic carbocycles. The highest BCUT2D eigenvalue weighted by Crippen LogP contribution is 2.48. The van der Waals surface area contributed by atoms with E-state index in [4.69, 9.17) is 0 Å². The largest absolute Gasteiger partial charge is 0.306 e. The van der Waals surface area contributed by atoms with Crippen molar-refractivity contribution < 1.29 is 0 Å². The van der Waals surface area contributed by atoms with E-state index in [2.05, 4.69) is 59.7 Å². The number of likely N-dealkylation sites (tertiary alicyclic amines) is 5. The molecule has 224 valence electrons. The summed E-state index contributed by atoms with van der Waals surface area (Å²) in [5.41, 5.74) is 0.840. The Kier molecular flexibility index (Phi) is 21.5. The molecule has 0 bridgehead atoms. The lowest BCUT2D eigenvalue weighted by atomic mass is 9.63. The third-order valence-corrected chi connectivity index (χ3v) is 9.03. The monoisotopic (exact) mass is 526 g/mol. The fraction of sp³-hybridized carbons (Fsp3) is 1.00. The van der Waals surface area contributed by atoms with E-state index in [9.17, 15) is 0 Å². The van der Waals surface area contributed by atoms with Crippen molar-refractivity contribution in [3.63, 3.8) is 0 Å². The second-order valence-electron chi connectivity index (χ2n) is 12.6. The van der Waals surface area contributed by atoms with Crippen LogP contribution in [0.15, 0.2) is 0 Å². The zero-order valence-corrected chi connectivity index (χ0v) is 24.7. The van der Waals surface area contributed by atoms with Gasteiger partial charge < -0.3 is 24.5 Å². The Morgan fingerprint density at radius 1 is 0.297 bits per heavy atom. The van der Waals surface area contributed by atoms with E-state index >= 15 is 0 Å². The molecule has 6 fully saturated rings. The maximum Gasteiger partial charge on any atom is -0.000959 e. The average molecular weight is 526 g/mol. The molecule has 1 saturated carbocycles. The molecule has 5 aliphatic heterocycles. The van der Waals surface area contributed by atoms with Gasteiger partial charge in [0.2, 0.25) is 0 Å². The summed E-state index contributed by atoms with van der Waals surface area (Å²) in [6.45, 7) is 13.3. The van der Waals surface area contributed by atoms with Gasteiger partial charge in [-0.05, 0) is 177 Å². The molecule has 5 saturated heterocycles. The van der Waals surface area contributed by atoms with Crippen molar-refractivity contribution in [3.05, 3.63) is 0 Å². The lowest BCUT2D eigenvalue weighted by Gasteiger charge is -2.47. The van der Waals surface area contributed by atoms with Crippen molar-refractivity contribution in [1.82, 2.24) is 24.5 Å². The molecule has 5 heterocycles. The number of hydrogen-bond donors (Lipinski definition) is 0. The molecule has 37 heavy (non-hydrogen) atoms. The molecule has 6 rings (SSSR count). The molecule has 0 amide bonds. The molecule has 0 radical (unpaired) electrons. The van der Waals surface area contributed by atoms with Crippen LogP contribution in [0.4, 0.5) is 0 Å². The Labute approximate surface area is 235 Å². The van der Waals surface area contributed by atoms with Crippen molar-refractivity contribution >= 4 is 0 Å². The van der Waals surface area contributed by atoms with Gasteiger partial charge in [-0.15, -0.1) is 0 Å². The summed E-state index contributed by atoms with van der Waals surface area (Å²) >= 11 is 0. The van der Waals surface area contributed by atoms with Gasteiger partial charge in [0.25, 0.3) is 0 Å². The van der Waals surface area contributed by atoms with Crippen molar-refractivity contribution in [2.75, 3.05) is 101 Å². The van der Waals surface area contributed by atoms with E-state index in [0.717, 1.165) is 5.41 Å². The smallest absolute Gasteiger partial charge is 0.000959 e. The molecule has 5 nitrogen and oxygen atoms in total. The molecule has 6 aliphatic rings. The predicted molar refractivity (Wildman–Crippen MR) is 168 cm³/mol. The summed E-state index contributed by atoms with van der Waals surface area (Å²) in [6, 6.07) is 0. The van der Waals surface area contributed by atoms with Crippen LogP contribution in [0.25, 0.3) is 0 Å². The fourth-order valence-corrected chi connectivity index (χ4v) is 5.72. The topological polar surface area (TPSA) is 16.2 Å². The van der Waals surface area contributed by atoms with Crippen molar-refractivity contribution in [1.29, 1.82) is 0 Å². The van der Waals surface area contributed by atoms with Crippen molar-refractivity contribution in [3.8, 4) is 0 Å². The van der Waals surface area contributed by atoms with Gasteiger partial charge in [-0.1, -0.05) is 34.1 Å². The van der Waals surface area contributed by atoms with E-state index in [0.29, 0.717) is 0 Å². The van der Waals surface area contributed by atoms with E-state index < -0.39 is 0 Å². The summed E-state index contributed by atoms with van der Waals surface area (Å²) in [4.78, 5) is 11.9. The Hall–Kier alpha value is -0.200. The molecular weight excluding hydrogens is 454 g/mol. The number of piperidine rings is 3.